The van der Waals surface area contributed by atoms with Gasteiger partial charge in [-0.1, -0.05) is 46.9 Å². The standard InChI is InChI=1S/C16H11Cl3F2N4O2/c1-6(14-23-7-4-2-3-5-8(7)25(14)16(20)21)27-15(26)12-9(17)11(22)10(18)13(19)24-12/h2-6,16H,1H3,(H2,22,24). The summed E-state index contributed by atoms with van der Waals surface area (Å²) in [6.07, 6.45) is -1.13. The molecule has 3 aromatic rings. The number of nitrogens with two attached hydrogens (primary N) is 1. The SMILES string of the molecule is CC(OC(=O)c1nc(Cl)c(Cl)c(N)c1Cl)c1nc2ccccc2n1C(F)F. The molecule has 1 unspecified atom stereocenters. The maximum absolute atomic E-state index is 13.5. The Labute approximate surface area is 166 Å². The number of fused-ring (bicyclic) bond motifs is 1. The molecule has 0 aliphatic rings. The molecule has 0 saturated carbocycles. The van der Waals surface area contributed by atoms with Crippen LogP contribution < -0.4 is 5.73 Å². The molecule has 2 N–H and O–H groups in total. The van der Waals surface area contributed by atoms with Gasteiger partial charge in [-0.2, -0.15) is 8.78 Å². The zero-order valence-electron chi connectivity index (χ0n) is 13.6. The number of carbonyl (C=O) groups excluding carboxylic acids is 1. The van der Waals surface area contributed by atoms with E-state index in [2.05, 4.69) is 9.97 Å². The second-order valence-corrected chi connectivity index (χ2v) is 6.56. The van der Waals surface area contributed by atoms with Crippen LogP contribution in [-0.2, 0) is 4.74 Å². The predicted octanol–water partition coefficient (Wildman–Crippen LogP) is 5.29. The van der Waals surface area contributed by atoms with Gasteiger partial charge in [0.25, 0.3) is 0 Å². The number of para-hydroxylation sites is 2. The first-order chi connectivity index (χ1) is 12.7. The topological polar surface area (TPSA) is 83.0 Å². The highest BCUT2D eigenvalue weighted by atomic mass is 35.5. The van der Waals surface area contributed by atoms with E-state index in [0.29, 0.717) is 10.1 Å². The molecule has 3 rings (SSSR count). The van der Waals surface area contributed by atoms with Crippen molar-refractivity contribution in [3.05, 3.63) is 51.0 Å². The molecule has 0 saturated heterocycles. The van der Waals surface area contributed by atoms with Gasteiger partial charge >= 0.3 is 12.5 Å². The van der Waals surface area contributed by atoms with E-state index in [0.717, 1.165) is 0 Å². The first-order valence-electron chi connectivity index (χ1n) is 7.48. The van der Waals surface area contributed by atoms with Crippen molar-refractivity contribution in [2.24, 2.45) is 0 Å². The van der Waals surface area contributed by atoms with E-state index in [1.54, 1.807) is 18.2 Å². The Morgan fingerprint density at radius 2 is 1.85 bits per heavy atom. The number of ether oxygens (including phenoxy) is 1. The number of nitrogens with zero attached hydrogens (tertiary/aromatic N) is 3. The van der Waals surface area contributed by atoms with Crippen molar-refractivity contribution in [3.8, 4) is 0 Å². The van der Waals surface area contributed by atoms with Gasteiger partial charge < -0.3 is 10.5 Å². The van der Waals surface area contributed by atoms with Crippen LogP contribution in [0.25, 0.3) is 11.0 Å². The molecule has 2 aromatic heterocycles. The van der Waals surface area contributed by atoms with Crippen molar-refractivity contribution >= 4 is 57.5 Å². The lowest BCUT2D eigenvalue weighted by Gasteiger charge is -2.16. The Morgan fingerprint density at radius 3 is 2.52 bits per heavy atom. The molecule has 0 radical (unpaired) electrons. The summed E-state index contributed by atoms with van der Waals surface area (Å²) in [5, 5.41) is -0.590. The number of hydrogen-bond donors (Lipinski definition) is 1. The monoisotopic (exact) mass is 434 g/mol. The Kier molecular flexibility index (Phi) is 5.41. The van der Waals surface area contributed by atoms with E-state index in [9.17, 15) is 13.6 Å². The molecule has 6 nitrogen and oxygen atoms in total. The third-order valence-corrected chi connectivity index (χ3v) is 4.87. The van der Waals surface area contributed by atoms with Gasteiger partial charge in [0.2, 0.25) is 0 Å². The number of anilines is 1. The zero-order valence-corrected chi connectivity index (χ0v) is 15.9. The smallest absolute Gasteiger partial charge is 0.359 e. The molecule has 0 amide bonds. The number of halogens is 5. The minimum atomic E-state index is -2.88. The first-order valence-corrected chi connectivity index (χ1v) is 8.61. The lowest BCUT2D eigenvalue weighted by molar-refractivity contribution is 0.0227. The fourth-order valence-electron chi connectivity index (χ4n) is 2.49. The number of aromatic nitrogens is 3. The van der Waals surface area contributed by atoms with Crippen LogP contribution in [0.15, 0.2) is 24.3 Å². The number of alkyl halides is 2. The maximum Gasteiger partial charge on any atom is 0.359 e. The van der Waals surface area contributed by atoms with Gasteiger partial charge in [0, 0.05) is 0 Å². The molecule has 1 atom stereocenters. The molecular weight excluding hydrogens is 425 g/mol. The molecule has 0 aliphatic carbocycles. The minimum absolute atomic E-state index is 0.106. The summed E-state index contributed by atoms with van der Waals surface area (Å²) < 4.78 is 33.0. The maximum atomic E-state index is 13.5. The van der Waals surface area contributed by atoms with Crippen molar-refractivity contribution in [3.63, 3.8) is 0 Å². The minimum Gasteiger partial charge on any atom is -0.450 e. The van der Waals surface area contributed by atoms with Crippen LogP contribution in [0.3, 0.4) is 0 Å². The van der Waals surface area contributed by atoms with Crippen LogP contribution >= 0.6 is 34.8 Å². The summed E-state index contributed by atoms with van der Waals surface area (Å²) in [6.45, 7) is -1.48. The number of benzene rings is 1. The molecule has 27 heavy (non-hydrogen) atoms. The van der Waals surface area contributed by atoms with E-state index in [1.165, 1.54) is 13.0 Å². The summed E-state index contributed by atoms with van der Waals surface area (Å²) in [7, 11) is 0. The number of carbonyl (C=O) groups is 1. The number of nitrogen functional groups attached to an aromatic ring is 1. The van der Waals surface area contributed by atoms with E-state index >= 15 is 0 Å². The average Bonchev–Trinajstić information content (AvgIpc) is 3.02. The lowest BCUT2D eigenvalue weighted by atomic mass is 10.3. The van der Waals surface area contributed by atoms with Gasteiger partial charge in [0.15, 0.2) is 22.8 Å². The number of esters is 1. The number of pyridine rings is 1. The lowest BCUT2D eigenvalue weighted by Crippen LogP contribution is -2.16. The average molecular weight is 436 g/mol. The number of imidazole rings is 1. The molecule has 0 aliphatic heterocycles. The van der Waals surface area contributed by atoms with E-state index in [-0.39, 0.29) is 37.9 Å². The molecule has 0 spiro atoms. The fraction of sp³-hybridized carbons (Fsp3) is 0.188. The highest BCUT2D eigenvalue weighted by Crippen LogP contribution is 2.35. The van der Waals surface area contributed by atoms with Crippen LogP contribution in [-0.4, -0.2) is 20.5 Å². The number of hydrogen-bond acceptors (Lipinski definition) is 5. The summed E-state index contributed by atoms with van der Waals surface area (Å²) in [5.41, 5.74) is 5.69. The molecular formula is C16H11Cl3F2N4O2. The third kappa shape index (κ3) is 3.52. The Morgan fingerprint density at radius 1 is 1.19 bits per heavy atom. The molecule has 1 aromatic carbocycles. The first kappa shape index (κ1) is 19.6. The van der Waals surface area contributed by atoms with E-state index in [4.69, 9.17) is 45.3 Å². The zero-order chi connectivity index (χ0) is 19.9. The van der Waals surface area contributed by atoms with Gasteiger partial charge in [-0.05, 0) is 19.1 Å². The van der Waals surface area contributed by atoms with Gasteiger partial charge in [-0.3, -0.25) is 4.57 Å². The summed E-state index contributed by atoms with van der Waals surface area (Å²) >= 11 is 17.6. The summed E-state index contributed by atoms with van der Waals surface area (Å²) in [4.78, 5) is 20.3. The molecule has 11 heteroatoms. The normalized spacial score (nSPS) is 12.6. The van der Waals surface area contributed by atoms with Crippen LogP contribution in [0, 0.1) is 0 Å². The summed E-state index contributed by atoms with van der Waals surface area (Å²) in [6, 6.07) is 6.33. The van der Waals surface area contributed by atoms with Crippen LogP contribution in [0.1, 0.15) is 35.9 Å². The molecule has 142 valence electrons. The summed E-state index contributed by atoms with van der Waals surface area (Å²) in [5.74, 6) is -1.14. The van der Waals surface area contributed by atoms with Gasteiger partial charge in [-0.25, -0.2) is 14.8 Å². The largest absolute Gasteiger partial charge is 0.450 e. The van der Waals surface area contributed by atoms with Gasteiger partial charge in [-0.15, -0.1) is 0 Å². The van der Waals surface area contributed by atoms with E-state index < -0.39 is 18.6 Å². The highest BCUT2D eigenvalue weighted by molar-refractivity contribution is 6.46. The molecule has 0 bridgehead atoms. The van der Waals surface area contributed by atoms with Crippen molar-refractivity contribution in [1.82, 2.24) is 14.5 Å². The van der Waals surface area contributed by atoms with Crippen LogP contribution in [0.4, 0.5) is 14.5 Å². The Bertz CT molecular complexity index is 1040. The second-order valence-electron chi connectivity index (χ2n) is 5.45. The van der Waals surface area contributed by atoms with Crippen molar-refractivity contribution in [1.29, 1.82) is 0 Å². The Balaban J connectivity index is 1.97. The number of rotatable bonds is 4. The third-order valence-electron chi connectivity index (χ3n) is 3.73. The van der Waals surface area contributed by atoms with Crippen LogP contribution in [0.5, 0.6) is 0 Å². The molecule has 0 fully saturated rings. The molecule has 2 heterocycles. The van der Waals surface area contributed by atoms with Gasteiger partial charge in [0.1, 0.15) is 5.02 Å². The van der Waals surface area contributed by atoms with Crippen molar-refractivity contribution in [2.75, 3.05) is 5.73 Å². The van der Waals surface area contributed by atoms with Crippen LogP contribution in [0.2, 0.25) is 15.2 Å². The van der Waals surface area contributed by atoms with Crippen molar-refractivity contribution < 1.29 is 18.3 Å². The fourth-order valence-corrected chi connectivity index (χ4v) is 3.08. The second kappa shape index (κ2) is 7.46. The highest BCUT2D eigenvalue weighted by Gasteiger charge is 2.27. The van der Waals surface area contributed by atoms with Crippen molar-refractivity contribution in [2.45, 2.75) is 19.6 Å². The predicted molar refractivity (Wildman–Crippen MR) is 98.5 cm³/mol. The quantitative estimate of drug-likeness (QED) is 0.445. The van der Waals surface area contributed by atoms with Gasteiger partial charge in [0.05, 0.1) is 21.7 Å². The Hall–Kier alpha value is -2.16. The van der Waals surface area contributed by atoms with E-state index in [1.807, 2.05) is 0 Å².